The number of nitrogens with zero attached hydrogens (tertiary/aromatic N) is 2. The van der Waals surface area contributed by atoms with E-state index in [1.54, 1.807) is 25.4 Å². The number of hydrogen-bond donors (Lipinski definition) is 1. The number of rotatable bonds is 6. The Labute approximate surface area is 142 Å². The first kappa shape index (κ1) is 16.7. The van der Waals surface area contributed by atoms with Gasteiger partial charge in [-0.2, -0.15) is 0 Å². The first-order chi connectivity index (χ1) is 11.7. The van der Waals surface area contributed by atoms with Gasteiger partial charge in [-0.15, -0.1) is 0 Å². The van der Waals surface area contributed by atoms with Crippen LogP contribution in [-0.2, 0) is 4.79 Å². The van der Waals surface area contributed by atoms with Crippen molar-refractivity contribution in [3.05, 3.63) is 23.9 Å². The highest BCUT2D eigenvalue weighted by molar-refractivity contribution is 5.94. The lowest BCUT2D eigenvalue weighted by Gasteiger charge is -2.31. The van der Waals surface area contributed by atoms with Crippen molar-refractivity contribution in [2.24, 2.45) is 11.8 Å². The SMILES string of the molecule is COc1ccc(C(=O)N2CCC(CC(=O)NCC3CC3)CC2)cn1. The minimum atomic E-state index is 0.00166. The molecule has 24 heavy (non-hydrogen) atoms. The largest absolute Gasteiger partial charge is 0.481 e. The summed E-state index contributed by atoms with van der Waals surface area (Å²) in [5, 5.41) is 3.02. The van der Waals surface area contributed by atoms with Gasteiger partial charge >= 0.3 is 0 Å². The zero-order valence-electron chi connectivity index (χ0n) is 14.2. The van der Waals surface area contributed by atoms with Gasteiger partial charge in [-0.05, 0) is 43.6 Å². The summed E-state index contributed by atoms with van der Waals surface area (Å²) in [7, 11) is 1.55. The minimum Gasteiger partial charge on any atom is -0.481 e. The normalized spacial score (nSPS) is 18.3. The van der Waals surface area contributed by atoms with E-state index in [0.717, 1.165) is 19.4 Å². The summed E-state index contributed by atoms with van der Waals surface area (Å²) in [5.41, 5.74) is 0.580. The van der Waals surface area contributed by atoms with Crippen LogP contribution in [0, 0.1) is 11.8 Å². The molecule has 1 N–H and O–H groups in total. The predicted molar refractivity (Wildman–Crippen MR) is 89.8 cm³/mol. The maximum absolute atomic E-state index is 12.5. The highest BCUT2D eigenvalue weighted by Crippen LogP contribution is 2.28. The Balaban J connectivity index is 1.43. The molecule has 1 aliphatic carbocycles. The second-order valence-corrected chi connectivity index (χ2v) is 6.78. The molecule has 0 aromatic carbocycles. The number of nitrogens with one attached hydrogen (secondary N) is 1. The molecular formula is C18H25N3O3. The Morgan fingerprint density at radius 1 is 1.21 bits per heavy atom. The Hall–Kier alpha value is -2.11. The Morgan fingerprint density at radius 2 is 1.96 bits per heavy atom. The summed E-state index contributed by atoms with van der Waals surface area (Å²) in [6.07, 6.45) is 6.40. The van der Waals surface area contributed by atoms with Crippen molar-refractivity contribution in [2.45, 2.75) is 32.1 Å². The van der Waals surface area contributed by atoms with Crippen LogP contribution < -0.4 is 10.1 Å². The molecule has 2 aliphatic rings. The first-order valence-corrected chi connectivity index (χ1v) is 8.71. The third kappa shape index (κ3) is 4.46. The van der Waals surface area contributed by atoms with Crippen LogP contribution in [0.3, 0.4) is 0 Å². The van der Waals surface area contributed by atoms with Crippen molar-refractivity contribution in [1.29, 1.82) is 0 Å². The molecule has 0 radical (unpaired) electrons. The molecule has 1 aromatic rings. The van der Waals surface area contributed by atoms with Gasteiger partial charge in [0.2, 0.25) is 11.8 Å². The smallest absolute Gasteiger partial charge is 0.255 e. The van der Waals surface area contributed by atoms with Crippen LogP contribution in [0.25, 0.3) is 0 Å². The van der Waals surface area contributed by atoms with Gasteiger partial charge < -0.3 is 15.0 Å². The van der Waals surface area contributed by atoms with E-state index < -0.39 is 0 Å². The van der Waals surface area contributed by atoms with Gasteiger partial charge in [0.25, 0.3) is 5.91 Å². The average Bonchev–Trinajstić information content (AvgIpc) is 3.44. The fraction of sp³-hybridized carbons (Fsp3) is 0.611. The number of hydrogen-bond acceptors (Lipinski definition) is 4. The lowest BCUT2D eigenvalue weighted by atomic mass is 9.93. The van der Waals surface area contributed by atoms with Crippen LogP contribution in [0.4, 0.5) is 0 Å². The molecular weight excluding hydrogens is 306 g/mol. The molecule has 0 atom stereocenters. The van der Waals surface area contributed by atoms with E-state index in [-0.39, 0.29) is 11.8 Å². The van der Waals surface area contributed by atoms with Gasteiger partial charge in [-0.25, -0.2) is 4.98 Å². The number of amides is 2. The third-order valence-corrected chi connectivity index (χ3v) is 4.85. The van der Waals surface area contributed by atoms with Crippen LogP contribution in [-0.4, -0.2) is 48.4 Å². The van der Waals surface area contributed by atoms with Crippen molar-refractivity contribution in [3.63, 3.8) is 0 Å². The van der Waals surface area contributed by atoms with Gasteiger partial charge in [-0.3, -0.25) is 9.59 Å². The van der Waals surface area contributed by atoms with Crippen molar-refractivity contribution >= 4 is 11.8 Å². The fourth-order valence-electron chi connectivity index (χ4n) is 3.06. The van der Waals surface area contributed by atoms with E-state index >= 15 is 0 Å². The number of likely N-dealkylation sites (tertiary alicyclic amines) is 1. The quantitative estimate of drug-likeness (QED) is 0.864. The van der Waals surface area contributed by atoms with E-state index in [4.69, 9.17) is 4.74 Å². The van der Waals surface area contributed by atoms with Gasteiger partial charge in [0.05, 0.1) is 12.7 Å². The van der Waals surface area contributed by atoms with Crippen LogP contribution >= 0.6 is 0 Å². The van der Waals surface area contributed by atoms with E-state index in [1.165, 1.54) is 12.8 Å². The Morgan fingerprint density at radius 3 is 2.54 bits per heavy atom. The third-order valence-electron chi connectivity index (χ3n) is 4.85. The van der Waals surface area contributed by atoms with Crippen molar-refractivity contribution in [2.75, 3.05) is 26.7 Å². The first-order valence-electron chi connectivity index (χ1n) is 8.71. The molecule has 1 aliphatic heterocycles. The zero-order chi connectivity index (χ0) is 16.9. The second kappa shape index (κ2) is 7.64. The summed E-state index contributed by atoms with van der Waals surface area (Å²) < 4.78 is 5.01. The number of pyridine rings is 1. The van der Waals surface area contributed by atoms with Crippen LogP contribution in [0.15, 0.2) is 18.3 Å². The summed E-state index contributed by atoms with van der Waals surface area (Å²) in [6.45, 7) is 2.23. The van der Waals surface area contributed by atoms with E-state index in [2.05, 4.69) is 10.3 Å². The Kier molecular flexibility index (Phi) is 5.33. The lowest BCUT2D eigenvalue weighted by Crippen LogP contribution is -2.39. The van der Waals surface area contributed by atoms with Crippen molar-refractivity contribution < 1.29 is 14.3 Å². The fourth-order valence-corrected chi connectivity index (χ4v) is 3.06. The molecule has 0 bridgehead atoms. The monoisotopic (exact) mass is 331 g/mol. The average molecular weight is 331 g/mol. The number of piperidine rings is 1. The molecule has 2 heterocycles. The molecule has 6 heteroatoms. The molecule has 2 fully saturated rings. The van der Waals surface area contributed by atoms with Crippen LogP contribution in [0.2, 0.25) is 0 Å². The summed E-state index contributed by atoms with van der Waals surface area (Å²) >= 11 is 0. The number of methoxy groups -OCH3 is 1. The molecule has 3 rings (SSSR count). The summed E-state index contributed by atoms with van der Waals surface area (Å²) in [4.78, 5) is 30.3. The summed E-state index contributed by atoms with van der Waals surface area (Å²) in [5.74, 6) is 1.75. The van der Waals surface area contributed by atoms with Gasteiger partial charge in [0.1, 0.15) is 0 Å². The minimum absolute atomic E-state index is 0.00166. The van der Waals surface area contributed by atoms with Crippen LogP contribution in [0.1, 0.15) is 42.5 Å². The standard InChI is InChI=1S/C18H25N3O3/c1-24-17-5-4-15(12-20-17)18(23)21-8-6-13(7-9-21)10-16(22)19-11-14-2-3-14/h4-5,12-14H,2-3,6-11H2,1H3,(H,19,22). The second-order valence-electron chi connectivity index (χ2n) is 6.78. The van der Waals surface area contributed by atoms with E-state index in [0.29, 0.717) is 42.8 Å². The molecule has 0 unspecified atom stereocenters. The number of carbonyl (C=O) groups excluding carboxylic acids is 2. The predicted octanol–water partition coefficient (Wildman–Crippen LogP) is 1.86. The number of aromatic nitrogens is 1. The van der Waals surface area contributed by atoms with Gasteiger partial charge in [0.15, 0.2) is 0 Å². The zero-order valence-corrected chi connectivity index (χ0v) is 14.2. The van der Waals surface area contributed by atoms with Gasteiger partial charge in [-0.1, -0.05) is 0 Å². The molecule has 0 spiro atoms. The molecule has 1 saturated heterocycles. The van der Waals surface area contributed by atoms with Crippen molar-refractivity contribution in [3.8, 4) is 5.88 Å². The highest BCUT2D eigenvalue weighted by atomic mass is 16.5. The van der Waals surface area contributed by atoms with E-state index in [9.17, 15) is 9.59 Å². The maximum Gasteiger partial charge on any atom is 0.255 e. The molecule has 2 amide bonds. The maximum atomic E-state index is 12.5. The Bertz CT molecular complexity index is 576. The summed E-state index contributed by atoms with van der Waals surface area (Å²) in [6, 6.07) is 3.44. The van der Waals surface area contributed by atoms with E-state index in [1.807, 2.05) is 4.90 Å². The molecule has 1 saturated carbocycles. The molecule has 1 aromatic heterocycles. The van der Waals surface area contributed by atoms with Crippen molar-refractivity contribution in [1.82, 2.24) is 15.2 Å². The molecule has 130 valence electrons. The highest BCUT2D eigenvalue weighted by Gasteiger charge is 2.26. The number of ether oxygens (including phenoxy) is 1. The van der Waals surface area contributed by atoms with Crippen LogP contribution in [0.5, 0.6) is 5.88 Å². The van der Waals surface area contributed by atoms with Gasteiger partial charge in [0, 0.05) is 38.3 Å². The lowest BCUT2D eigenvalue weighted by molar-refractivity contribution is -0.122. The molecule has 6 nitrogen and oxygen atoms in total. The number of carbonyl (C=O) groups is 2. The topological polar surface area (TPSA) is 71.5 Å².